The van der Waals surface area contributed by atoms with Crippen LogP contribution in [-0.4, -0.2) is 71.7 Å². The van der Waals surface area contributed by atoms with Crippen LogP contribution in [-0.2, 0) is 9.59 Å². The van der Waals surface area contributed by atoms with Gasteiger partial charge in [0, 0.05) is 36.1 Å². The van der Waals surface area contributed by atoms with Gasteiger partial charge in [-0.2, -0.15) is 11.8 Å². The molecular weight excluding hydrogens is 508 g/mol. The molecule has 0 spiro atoms. The van der Waals surface area contributed by atoms with Gasteiger partial charge in [-0.15, -0.1) is 0 Å². The Labute approximate surface area is 225 Å². The number of hydrogen-bond acceptors (Lipinski definition) is 6. The molecule has 3 atom stereocenters. The fraction of sp³-hybridized carbons (Fsp3) is 0.407. The molecule has 0 bridgehead atoms. The van der Waals surface area contributed by atoms with Crippen molar-refractivity contribution in [2.45, 2.75) is 43.0 Å². The van der Waals surface area contributed by atoms with Crippen molar-refractivity contribution in [1.82, 2.24) is 21.3 Å². The van der Waals surface area contributed by atoms with Gasteiger partial charge < -0.3 is 31.1 Å². The van der Waals surface area contributed by atoms with E-state index in [0.717, 1.165) is 36.1 Å². The highest BCUT2D eigenvalue weighted by atomic mass is 32.2. The summed E-state index contributed by atoms with van der Waals surface area (Å²) in [5, 5.41) is 20.7. The maximum absolute atomic E-state index is 12.6. The number of unbranched alkanes of at least 4 members (excludes halogenated alkanes) is 1. The van der Waals surface area contributed by atoms with Crippen molar-refractivity contribution in [2.75, 3.05) is 25.4 Å². The minimum atomic E-state index is -1.04. The molecule has 2 aliphatic heterocycles. The highest BCUT2D eigenvalue weighted by molar-refractivity contribution is 8.00. The minimum absolute atomic E-state index is 0.0372. The number of ether oxygens (including phenoxy) is 1. The van der Waals surface area contributed by atoms with E-state index in [4.69, 9.17) is 9.84 Å². The van der Waals surface area contributed by atoms with E-state index in [9.17, 15) is 19.2 Å². The lowest BCUT2D eigenvalue weighted by atomic mass is 10.0. The van der Waals surface area contributed by atoms with Crippen LogP contribution in [0.25, 0.3) is 11.1 Å². The van der Waals surface area contributed by atoms with Crippen LogP contribution in [0.2, 0.25) is 0 Å². The number of carbonyl (C=O) groups excluding carboxylic acids is 3. The van der Waals surface area contributed by atoms with Crippen LogP contribution in [0.15, 0.2) is 48.5 Å². The Kier molecular flexibility index (Phi) is 9.47. The molecule has 0 aliphatic carbocycles. The van der Waals surface area contributed by atoms with Crippen molar-refractivity contribution in [3.8, 4) is 16.9 Å². The molecule has 2 heterocycles. The minimum Gasteiger partial charge on any atom is -0.482 e. The van der Waals surface area contributed by atoms with Crippen LogP contribution in [0.3, 0.4) is 0 Å². The first kappa shape index (κ1) is 27.3. The first-order valence-electron chi connectivity index (χ1n) is 12.7. The molecule has 11 heteroatoms. The standard InChI is InChI=1S/C27H32N4O6S/c32-23(7-2-1-6-22-25-21(16-38-22)30-27(36)31-25)28-12-13-29-26(35)19-5-3-4-18(14-19)17-8-10-20(11-9-17)37-15-24(33)34/h3-5,8-11,14,21-22,25H,1-2,6-7,12-13,15-16H2,(H,28,32)(H,29,35)(H,33,34)(H2,30,31,36)/t21-,22-,25-/m0/s1. The van der Waals surface area contributed by atoms with E-state index >= 15 is 0 Å². The van der Waals surface area contributed by atoms with Gasteiger partial charge in [0.1, 0.15) is 5.75 Å². The van der Waals surface area contributed by atoms with E-state index in [-0.39, 0.29) is 29.9 Å². The predicted octanol–water partition coefficient (Wildman–Crippen LogP) is 2.39. The van der Waals surface area contributed by atoms with E-state index in [1.165, 1.54) is 0 Å². The summed E-state index contributed by atoms with van der Waals surface area (Å²) in [4.78, 5) is 46.8. The summed E-state index contributed by atoms with van der Waals surface area (Å²) >= 11 is 1.87. The highest BCUT2D eigenvalue weighted by Crippen LogP contribution is 2.33. The zero-order chi connectivity index (χ0) is 26.9. The number of benzene rings is 2. The molecule has 0 saturated carbocycles. The average Bonchev–Trinajstić information content (AvgIpc) is 3.47. The quantitative estimate of drug-likeness (QED) is 0.194. The zero-order valence-electron chi connectivity index (χ0n) is 20.9. The van der Waals surface area contributed by atoms with Gasteiger partial charge in [-0.25, -0.2) is 9.59 Å². The van der Waals surface area contributed by atoms with Gasteiger partial charge in [0.25, 0.3) is 5.91 Å². The fourth-order valence-corrected chi connectivity index (χ4v) is 6.11. The molecule has 2 fully saturated rings. The molecule has 0 unspecified atom stereocenters. The second-order valence-corrected chi connectivity index (χ2v) is 10.5. The van der Waals surface area contributed by atoms with E-state index < -0.39 is 12.6 Å². The van der Waals surface area contributed by atoms with Gasteiger partial charge in [-0.05, 0) is 48.2 Å². The molecule has 202 valence electrons. The molecular formula is C27H32N4O6S. The van der Waals surface area contributed by atoms with Crippen molar-refractivity contribution >= 4 is 35.6 Å². The Morgan fingerprint density at radius 1 is 1.00 bits per heavy atom. The lowest BCUT2D eigenvalue weighted by Gasteiger charge is -2.16. The lowest BCUT2D eigenvalue weighted by Crippen LogP contribution is -2.36. The van der Waals surface area contributed by atoms with Crippen LogP contribution >= 0.6 is 11.8 Å². The van der Waals surface area contributed by atoms with E-state index in [0.29, 0.717) is 36.1 Å². The third-order valence-corrected chi connectivity index (χ3v) is 8.00. The van der Waals surface area contributed by atoms with Crippen molar-refractivity contribution in [2.24, 2.45) is 0 Å². The second-order valence-electron chi connectivity index (χ2n) is 9.26. The molecule has 2 aromatic carbocycles. The molecule has 0 aromatic heterocycles. The maximum Gasteiger partial charge on any atom is 0.341 e. The number of nitrogens with one attached hydrogen (secondary N) is 4. The van der Waals surface area contributed by atoms with E-state index in [2.05, 4.69) is 21.3 Å². The number of aliphatic carboxylic acids is 1. The SMILES string of the molecule is O=C(O)COc1ccc(-c2cccc(C(=O)NCCNC(=O)CCCC[C@@H]3SC[C@@H]4NC(=O)N[C@@H]43)c2)cc1. The van der Waals surface area contributed by atoms with Crippen molar-refractivity contribution in [1.29, 1.82) is 0 Å². The Balaban J connectivity index is 1.12. The van der Waals surface area contributed by atoms with Gasteiger partial charge in [0.05, 0.1) is 12.1 Å². The fourth-order valence-electron chi connectivity index (χ4n) is 4.57. The molecule has 2 saturated heterocycles. The number of carboxylic acids is 1. The Morgan fingerprint density at radius 3 is 2.58 bits per heavy atom. The molecule has 2 aliphatic rings. The largest absolute Gasteiger partial charge is 0.482 e. The van der Waals surface area contributed by atoms with Gasteiger partial charge >= 0.3 is 12.0 Å². The summed E-state index contributed by atoms with van der Waals surface area (Å²) in [6, 6.07) is 14.5. The summed E-state index contributed by atoms with van der Waals surface area (Å²) in [6.45, 7) is 0.261. The molecule has 4 rings (SSSR count). The number of urea groups is 1. The van der Waals surface area contributed by atoms with Crippen LogP contribution in [0.1, 0.15) is 36.0 Å². The van der Waals surface area contributed by atoms with Crippen LogP contribution in [0.5, 0.6) is 5.75 Å². The molecule has 10 nitrogen and oxygen atoms in total. The third-order valence-electron chi connectivity index (χ3n) is 6.49. The summed E-state index contributed by atoms with van der Waals surface area (Å²) in [6.07, 6.45) is 3.12. The number of rotatable bonds is 13. The van der Waals surface area contributed by atoms with Crippen molar-refractivity contribution in [3.05, 3.63) is 54.1 Å². The molecule has 5 N–H and O–H groups in total. The van der Waals surface area contributed by atoms with Crippen molar-refractivity contribution in [3.63, 3.8) is 0 Å². The average molecular weight is 541 g/mol. The van der Waals surface area contributed by atoms with Crippen LogP contribution in [0.4, 0.5) is 4.79 Å². The second kappa shape index (κ2) is 13.2. The Hall–Kier alpha value is -3.73. The normalized spacial score (nSPS) is 19.7. The smallest absolute Gasteiger partial charge is 0.341 e. The third kappa shape index (κ3) is 7.64. The van der Waals surface area contributed by atoms with Gasteiger partial charge in [0.2, 0.25) is 5.91 Å². The Bertz CT molecular complexity index is 1160. The molecule has 38 heavy (non-hydrogen) atoms. The predicted molar refractivity (Wildman–Crippen MR) is 144 cm³/mol. The Morgan fingerprint density at radius 2 is 1.79 bits per heavy atom. The number of carboxylic acid groups (broad SMARTS) is 1. The van der Waals surface area contributed by atoms with Crippen LogP contribution in [0, 0.1) is 0 Å². The molecule has 2 aromatic rings. The number of amides is 4. The topological polar surface area (TPSA) is 146 Å². The van der Waals surface area contributed by atoms with Gasteiger partial charge in [-0.3, -0.25) is 9.59 Å². The van der Waals surface area contributed by atoms with E-state index in [1.807, 2.05) is 17.8 Å². The molecule has 4 amide bonds. The van der Waals surface area contributed by atoms with E-state index in [1.54, 1.807) is 42.5 Å². The summed E-state index contributed by atoms with van der Waals surface area (Å²) in [5.41, 5.74) is 2.21. The van der Waals surface area contributed by atoms with Crippen molar-refractivity contribution < 1.29 is 29.0 Å². The van der Waals surface area contributed by atoms with Crippen LogP contribution < -0.4 is 26.0 Å². The highest BCUT2D eigenvalue weighted by Gasteiger charge is 2.42. The summed E-state index contributed by atoms with van der Waals surface area (Å²) in [5.74, 6) is 0.0748. The number of carbonyl (C=O) groups is 4. The number of fused-ring (bicyclic) bond motifs is 1. The lowest BCUT2D eigenvalue weighted by molar-refractivity contribution is -0.139. The maximum atomic E-state index is 12.6. The summed E-state index contributed by atoms with van der Waals surface area (Å²) in [7, 11) is 0. The number of hydrogen-bond donors (Lipinski definition) is 5. The molecule has 0 radical (unpaired) electrons. The monoisotopic (exact) mass is 540 g/mol. The first-order valence-corrected chi connectivity index (χ1v) is 13.7. The summed E-state index contributed by atoms with van der Waals surface area (Å²) < 4.78 is 5.15. The van der Waals surface area contributed by atoms with Gasteiger partial charge in [0.15, 0.2) is 6.61 Å². The first-order chi connectivity index (χ1) is 18.4. The number of thioether (sulfide) groups is 1. The zero-order valence-corrected chi connectivity index (χ0v) is 21.7. The van der Waals surface area contributed by atoms with Gasteiger partial charge in [-0.1, -0.05) is 30.7 Å².